The van der Waals surface area contributed by atoms with E-state index in [0.717, 1.165) is 43.1 Å². The predicted octanol–water partition coefficient (Wildman–Crippen LogP) is 1.78. The Balaban J connectivity index is 1.90. The van der Waals surface area contributed by atoms with Crippen molar-refractivity contribution in [1.82, 2.24) is 14.9 Å². The summed E-state index contributed by atoms with van der Waals surface area (Å²) in [5.74, 6) is 4.83. The Morgan fingerprint density at radius 2 is 2.05 bits per heavy atom. The normalized spacial score (nSPS) is 16.3. The van der Waals surface area contributed by atoms with Crippen LogP contribution in [0.1, 0.15) is 24.7 Å². The highest BCUT2D eigenvalue weighted by Crippen LogP contribution is 2.17. The van der Waals surface area contributed by atoms with Gasteiger partial charge in [-0.05, 0) is 13.3 Å². The van der Waals surface area contributed by atoms with E-state index >= 15 is 0 Å². The van der Waals surface area contributed by atoms with Gasteiger partial charge in [0, 0.05) is 49.7 Å². The van der Waals surface area contributed by atoms with E-state index in [1.165, 1.54) is 24.6 Å². The molecule has 1 aliphatic rings. The minimum Gasteiger partial charge on any atom is -0.383 e. The van der Waals surface area contributed by atoms with E-state index < -0.39 is 0 Å². The number of nitrogens with zero attached hydrogens (tertiary/aromatic N) is 3. The van der Waals surface area contributed by atoms with E-state index in [1.807, 2.05) is 18.7 Å². The fraction of sp³-hybridized carbons (Fsp3) is 0.714. The molecule has 5 nitrogen and oxygen atoms in total. The van der Waals surface area contributed by atoms with Crippen LogP contribution < -0.4 is 11.1 Å². The molecule has 0 bridgehead atoms. The molecule has 112 valence electrons. The monoisotopic (exact) mass is 295 g/mol. The maximum Gasteiger partial charge on any atom is 0.134 e. The zero-order valence-electron chi connectivity index (χ0n) is 12.5. The summed E-state index contributed by atoms with van der Waals surface area (Å²) in [7, 11) is 0. The summed E-state index contributed by atoms with van der Waals surface area (Å²) in [6.45, 7) is 8.46. The molecule has 0 aromatic carbocycles. The molecule has 1 aromatic heterocycles. The Morgan fingerprint density at radius 1 is 1.30 bits per heavy atom. The molecule has 1 fully saturated rings. The van der Waals surface area contributed by atoms with E-state index in [9.17, 15) is 0 Å². The van der Waals surface area contributed by atoms with Gasteiger partial charge >= 0.3 is 0 Å². The van der Waals surface area contributed by atoms with Crippen LogP contribution in [0, 0.1) is 6.92 Å². The van der Waals surface area contributed by atoms with Gasteiger partial charge in [-0.3, -0.25) is 4.90 Å². The third-order valence-electron chi connectivity index (χ3n) is 3.53. The van der Waals surface area contributed by atoms with Crippen LogP contribution >= 0.6 is 11.8 Å². The van der Waals surface area contributed by atoms with Crippen molar-refractivity contribution >= 4 is 23.4 Å². The standard InChI is InChI=1S/C14H25N5S/c1-3-4-12-17-13(15)11(2)14(18-12)16-5-6-19-7-9-20-10-8-19/h3-10H2,1-2H3,(H3,15,16,17,18). The lowest BCUT2D eigenvalue weighted by Gasteiger charge is -2.26. The lowest BCUT2D eigenvalue weighted by atomic mass is 10.2. The van der Waals surface area contributed by atoms with Crippen LogP contribution in [0.15, 0.2) is 0 Å². The number of anilines is 2. The first kappa shape index (κ1) is 15.4. The van der Waals surface area contributed by atoms with E-state index in [-0.39, 0.29) is 0 Å². The van der Waals surface area contributed by atoms with E-state index in [1.54, 1.807) is 0 Å². The molecule has 0 saturated carbocycles. The van der Waals surface area contributed by atoms with Gasteiger partial charge in [0.15, 0.2) is 0 Å². The maximum atomic E-state index is 5.96. The van der Waals surface area contributed by atoms with Crippen molar-refractivity contribution in [1.29, 1.82) is 0 Å². The summed E-state index contributed by atoms with van der Waals surface area (Å²) in [6, 6.07) is 0. The number of hydrogen-bond acceptors (Lipinski definition) is 6. The molecule has 0 spiro atoms. The Kier molecular flexibility index (Phi) is 5.91. The van der Waals surface area contributed by atoms with Crippen LogP contribution in [0.25, 0.3) is 0 Å². The molecule has 3 N–H and O–H groups in total. The number of nitrogens with two attached hydrogens (primary N) is 1. The van der Waals surface area contributed by atoms with Crippen LogP contribution in [0.2, 0.25) is 0 Å². The molecule has 2 rings (SSSR count). The lowest BCUT2D eigenvalue weighted by Crippen LogP contribution is -2.36. The third kappa shape index (κ3) is 4.24. The molecule has 0 amide bonds. The molecule has 0 aliphatic carbocycles. The molecule has 1 aromatic rings. The Labute approximate surface area is 125 Å². The summed E-state index contributed by atoms with van der Waals surface area (Å²) >= 11 is 2.04. The van der Waals surface area contributed by atoms with Crippen LogP contribution in [-0.2, 0) is 6.42 Å². The maximum absolute atomic E-state index is 5.96. The van der Waals surface area contributed by atoms with Crippen molar-refractivity contribution in [3.05, 3.63) is 11.4 Å². The number of nitrogen functional groups attached to an aromatic ring is 1. The molecular formula is C14H25N5S. The number of aromatic nitrogens is 2. The summed E-state index contributed by atoms with van der Waals surface area (Å²) in [4.78, 5) is 11.4. The average molecular weight is 295 g/mol. The molecular weight excluding hydrogens is 270 g/mol. The van der Waals surface area contributed by atoms with Crippen molar-refractivity contribution in [2.45, 2.75) is 26.7 Å². The molecule has 0 radical (unpaired) electrons. The van der Waals surface area contributed by atoms with Gasteiger partial charge in [0.25, 0.3) is 0 Å². The number of aryl methyl sites for hydroxylation is 1. The minimum atomic E-state index is 0.598. The average Bonchev–Trinajstić information content (AvgIpc) is 2.45. The highest BCUT2D eigenvalue weighted by Gasteiger charge is 2.11. The van der Waals surface area contributed by atoms with E-state index in [0.29, 0.717) is 5.82 Å². The quantitative estimate of drug-likeness (QED) is 0.834. The van der Waals surface area contributed by atoms with Crippen molar-refractivity contribution in [3.8, 4) is 0 Å². The summed E-state index contributed by atoms with van der Waals surface area (Å²) in [5.41, 5.74) is 6.92. The SMILES string of the molecule is CCCc1nc(N)c(C)c(NCCN2CCSCC2)n1. The molecule has 20 heavy (non-hydrogen) atoms. The van der Waals surface area contributed by atoms with Gasteiger partial charge in [0.1, 0.15) is 17.5 Å². The fourth-order valence-corrected chi connectivity index (χ4v) is 3.23. The van der Waals surface area contributed by atoms with Crippen molar-refractivity contribution in [2.24, 2.45) is 0 Å². The highest BCUT2D eigenvalue weighted by atomic mass is 32.2. The van der Waals surface area contributed by atoms with Gasteiger partial charge in [-0.15, -0.1) is 0 Å². The van der Waals surface area contributed by atoms with Crippen molar-refractivity contribution in [3.63, 3.8) is 0 Å². The number of rotatable bonds is 6. The number of hydrogen-bond donors (Lipinski definition) is 2. The van der Waals surface area contributed by atoms with Gasteiger partial charge < -0.3 is 11.1 Å². The highest BCUT2D eigenvalue weighted by molar-refractivity contribution is 7.99. The third-order valence-corrected chi connectivity index (χ3v) is 4.47. The van der Waals surface area contributed by atoms with Gasteiger partial charge in [0.05, 0.1) is 0 Å². The minimum absolute atomic E-state index is 0.598. The Bertz CT molecular complexity index is 432. The Morgan fingerprint density at radius 3 is 2.75 bits per heavy atom. The fourth-order valence-electron chi connectivity index (χ4n) is 2.25. The second-order valence-electron chi connectivity index (χ2n) is 5.13. The first-order valence-corrected chi connectivity index (χ1v) is 8.53. The van der Waals surface area contributed by atoms with Crippen molar-refractivity contribution < 1.29 is 0 Å². The van der Waals surface area contributed by atoms with Gasteiger partial charge in [-0.2, -0.15) is 11.8 Å². The smallest absolute Gasteiger partial charge is 0.134 e. The zero-order valence-corrected chi connectivity index (χ0v) is 13.3. The first-order valence-electron chi connectivity index (χ1n) is 7.37. The van der Waals surface area contributed by atoms with E-state index in [2.05, 4.69) is 27.1 Å². The number of nitrogens with one attached hydrogen (secondary N) is 1. The molecule has 1 aliphatic heterocycles. The topological polar surface area (TPSA) is 67.1 Å². The molecule has 0 atom stereocenters. The lowest BCUT2D eigenvalue weighted by molar-refractivity contribution is 0.314. The second-order valence-corrected chi connectivity index (χ2v) is 6.35. The first-order chi connectivity index (χ1) is 9.70. The van der Waals surface area contributed by atoms with Gasteiger partial charge in [0.2, 0.25) is 0 Å². The predicted molar refractivity (Wildman–Crippen MR) is 87.4 cm³/mol. The van der Waals surface area contributed by atoms with Crippen LogP contribution in [-0.4, -0.2) is 52.6 Å². The second kappa shape index (κ2) is 7.69. The summed E-state index contributed by atoms with van der Waals surface area (Å²) in [6.07, 6.45) is 1.91. The van der Waals surface area contributed by atoms with Crippen molar-refractivity contribution in [2.75, 3.05) is 48.7 Å². The number of thioether (sulfide) groups is 1. The van der Waals surface area contributed by atoms with Gasteiger partial charge in [-0.25, -0.2) is 9.97 Å². The van der Waals surface area contributed by atoms with Gasteiger partial charge in [-0.1, -0.05) is 6.92 Å². The molecule has 1 saturated heterocycles. The van der Waals surface area contributed by atoms with E-state index in [4.69, 9.17) is 5.73 Å². The van der Waals surface area contributed by atoms with Crippen LogP contribution in [0.5, 0.6) is 0 Å². The molecule has 6 heteroatoms. The summed E-state index contributed by atoms with van der Waals surface area (Å²) < 4.78 is 0. The largest absolute Gasteiger partial charge is 0.383 e. The van der Waals surface area contributed by atoms with Crippen LogP contribution in [0.4, 0.5) is 11.6 Å². The molecule has 0 unspecified atom stereocenters. The Hall–Kier alpha value is -1.01. The summed E-state index contributed by atoms with van der Waals surface area (Å²) in [5, 5.41) is 3.42. The molecule has 2 heterocycles. The zero-order chi connectivity index (χ0) is 14.4. The van der Waals surface area contributed by atoms with Crippen LogP contribution in [0.3, 0.4) is 0 Å².